The third-order valence-corrected chi connectivity index (χ3v) is 19.8. The van der Waals surface area contributed by atoms with Gasteiger partial charge in [-0.1, -0.05) is 272 Å². The monoisotopic (exact) mass is 931 g/mol. The summed E-state index contributed by atoms with van der Waals surface area (Å²) in [6.45, 7) is 14.0. The molecule has 0 aliphatic heterocycles. The largest absolute Gasteiger partial charge is 0.310 e. The third-order valence-electron chi connectivity index (χ3n) is 15.0. The second-order valence-corrected chi connectivity index (χ2v) is 25.1. The van der Waals surface area contributed by atoms with Gasteiger partial charge in [-0.2, -0.15) is 0 Å². The van der Waals surface area contributed by atoms with Gasteiger partial charge in [0.1, 0.15) is 0 Å². The minimum absolute atomic E-state index is 0.0611. The van der Waals surface area contributed by atoms with Gasteiger partial charge in [0.05, 0.1) is 11.1 Å². The van der Waals surface area contributed by atoms with Crippen molar-refractivity contribution in [3.63, 3.8) is 0 Å². The van der Waals surface area contributed by atoms with Gasteiger partial charge >= 0.3 is 0 Å². The first-order valence-electron chi connectivity index (χ1n) is 25.2. The summed E-state index contributed by atoms with van der Waals surface area (Å²) in [5, 5.41) is 5.46. The molecule has 0 bridgehead atoms. The van der Waals surface area contributed by atoms with Crippen LogP contribution in [0.4, 0.5) is 17.1 Å². The molecular formula is C69H61NSi. The van der Waals surface area contributed by atoms with E-state index in [1.165, 1.54) is 76.4 Å². The van der Waals surface area contributed by atoms with Gasteiger partial charge in [0.15, 0.2) is 8.07 Å². The van der Waals surface area contributed by atoms with E-state index >= 15 is 0 Å². The molecule has 346 valence electrons. The van der Waals surface area contributed by atoms with Crippen molar-refractivity contribution in [2.45, 2.75) is 57.8 Å². The molecule has 0 unspecified atom stereocenters. The Morgan fingerprint density at radius 3 is 1.14 bits per heavy atom. The van der Waals surface area contributed by atoms with E-state index in [0.717, 1.165) is 17.1 Å². The smallest absolute Gasteiger partial charge is 0.179 e. The van der Waals surface area contributed by atoms with Crippen molar-refractivity contribution >= 4 is 45.9 Å². The number of hydrogen-bond donors (Lipinski definition) is 0. The highest BCUT2D eigenvalue weighted by Crippen LogP contribution is 2.58. The first-order valence-corrected chi connectivity index (χ1v) is 27.2. The van der Waals surface area contributed by atoms with Crippen molar-refractivity contribution in [1.82, 2.24) is 0 Å². The number of benzene rings is 10. The predicted octanol–water partition coefficient (Wildman–Crippen LogP) is 15.2. The van der Waals surface area contributed by atoms with E-state index in [2.05, 4.69) is 307 Å². The van der Waals surface area contributed by atoms with Crippen molar-refractivity contribution in [2.75, 3.05) is 4.90 Å². The molecule has 71 heavy (non-hydrogen) atoms. The average molecular weight is 932 g/mol. The van der Waals surface area contributed by atoms with E-state index in [1.54, 1.807) is 0 Å². The van der Waals surface area contributed by atoms with Crippen LogP contribution < -0.4 is 25.6 Å². The Balaban J connectivity index is 1.18. The summed E-state index contributed by atoms with van der Waals surface area (Å²) in [5.41, 5.74) is 15.4. The first kappa shape index (κ1) is 45.6. The average Bonchev–Trinajstić information content (AvgIpc) is 3.71. The van der Waals surface area contributed by atoms with Crippen LogP contribution in [0.25, 0.3) is 22.3 Å². The molecule has 1 aliphatic carbocycles. The quantitative estimate of drug-likeness (QED) is 0.0976. The van der Waals surface area contributed by atoms with Crippen LogP contribution in [0.2, 0.25) is 0 Å². The number of para-hydroxylation sites is 2. The lowest BCUT2D eigenvalue weighted by atomic mass is 9.66. The fourth-order valence-corrected chi connectivity index (χ4v) is 16.2. The molecule has 0 radical (unpaired) electrons. The zero-order chi connectivity index (χ0) is 48.8. The number of hydrogen-bond acceptors (Lipinski definition) is 1. The SMILES string of the molecule is CC(C)(C)c1ccc2c(c1)C(c1ccc(N(c3ccccc3)c3ccccc3-c3ccccc3)cc1)(c1ccc([Si](c3ccccc3)(c3ccccc3)c3ccccc3)cc1)c1cc(C(C)(C)C)ccc1-2. The second kappa shape index (κ2) is 18.2. The van der Waals surface area contributed by atoms with Crippen LogP contribution in [0.15, 0.2) is 261 Å². The van der Waals surface area contributed by atoms with Crippen LogP contribution in [-0.4, -0.2) is 8.07 Å². The zero-order valence-corrected chi connectivity index (χ0v) is 42.8. The molecule has 0 spiro atoms. The number of rotatable bonds is 10. The van der Waals surface area contributed by atoms with Crippen molar-refractivity contribution in [1.29, 1.82) is 0 Å². The molecule has 0 atom stereocenters. The van der Waals surface area contributed by atoms with Gasteiger partial charge < -0.3 is 4.90 Å². The van der Waals surface area contributed by atoms with Crippen LogP contribution in [-0.2, 0) is 16.2 Å². The molecule has 0 saturated carbocycles. The van der Waals surface area contributed by atoms with Gasteiger partial charge in [-0.3, -0.25) is 0 Å². The summed E-state index contributed by atoms with van der Waals surface area (Å²) < 4.78 is 0. The van der Waals surface area contributed by atoms with Gasteiger partial charge in [0, 0.05) is 16.9 Å². The van der Waals surface area contributed by atoms with E-state index in [-0.39, 0.29) is 10.8 Å². The Kier molecular flexibility index (Phi) is 11.7. The summed E-state index contributed by atoms with van der Waals surface area (Å²) in [5.74, 6) is 0. The normalized spacial score (nSPS) is 13.0. The fraction of sp³-hybridized carbons (Fsp3) is 0.130. The third kappa shape index (κ3) is 7.88. The lowest BCUT2D eigenvalue weighted by molar-refractivity contribution is 0.586. The van der Waals surface area contributed by atoms with E-state index in [9.17, 15) is 0 Å². The molecule has 10 aromatic rings. The topological polar surface area (TPSA) is 3.24 Å². The Morgan fingerprint density at radius 1 is 0.324 bits per heavy atom. The molecule has 0 amide bonds. The predicted molar refractivity (Wildman–Crippen MR) is 305 cm³/mol. The van der Waals surface area contributed by atoms with E-state index in [1.807, 2.05) is 0 Å². The highest BCUT2D eigenvalue weighted by molar-refractivity contribution is 7.19. The lowest BCUT2D eigenvalue weighted by Crippen LogP contribution is -2.74. The van der Waals surface area contributed by atoms with Crippen LogP contribution in [0.3, 0.4) is 0 Å². The van der Waals surface area contributed by atoms with Crippen molar-refractivity contribution in [2.24, 2.45) is 0 Å². The molecule has 10 aromatic carbocycles. The fourth-order valence-electron chi connectivity index (χ4n) is 11.5. The Labute approximate surface area is 422 Å². The van der Waals surface area contributed by atoms with Gasteiger partial charge in [-0.25, -0.2) is 0 Å². The Morgan fingerprint density at radius 2 is 0.690 bits per heavy atom. The summed E-state index contributed by atoms with van der Waals surface area (Å²) in [6.07, 6.45) is 0. The van der Waals surface area contributed by atoms with Crippen LogP contribution in [0, 0.1) is 0 Å². The van der Waals surface area contributed by atoms with Crippen LogP contribution in [0.1, 0.15) is 74.9 Å². The van der Waals surface area contributed by atoms with Gasteiger partial charge in [0.25, 0.3) is 0 Å². The molecule has 0 N–H and O–H groups in total. The standard InChI is InChI=1S/C69H61NSi/c1-67(2,3)53-40-46-62-63-47-41-54(68(4,5)6)49-65(63)69(64(62)48-53,51-36-42-56(43-37-51)70(55-26-14-8-15-27-55)66-35-23-22-34-61(66)50-24-12-7-13-25-50)52-38-44-60(45-39-52)71(57-28-16-9-17-29-57,58-30-18-10-19-31-58)59-32-20-11-21-33-59/h7-49H,1-6H3. The molecular weight excluding hydrogens is 871 g/mol. The summed E-state index contributed by atoms with van der Waals surface area (Å²) in [7, 11) is -2.80. The maximum Gasteiger partial charge on any atom is 0.179 e. The molecule has 1 aliphatic rings. The van der Waals surface area contributed by atoms with Crippen LogP contribution >= 0.6 is 0 Å². The molecule has 0 aromatic heterocycles. The summed E-state index contributed by atoms with van der Waals surface area (Å²) in [4.78, 5) is 2.42. The summed E-state index contributed by atoms with van der Waals surface area (Å²) in [6, 6.07) is 98.3. The van der Waals surface area contributed by atoms with E-state index < -0.39 is 13.5 Å². The highest BCUT2D eigenvalue weighted by atomic mass is 28.3. The van der Waals surface area contributed by atoms with Gasteiger partial charge in [-0.15, -0.1) is 0 Å². The van der Waals surface area contributed by atoms with Crippen molar-refractivity contribution in [3.05, 3.63) is 294 Å². The molecule has 0 heterocycles. The number of anilines is 3. The van der Waals surface area contributed by atoms with E-state index in [0.29, 0.717) is 0 Å². The molecule has 2 heteroatoms. The first-order chi connectivity index (χ1) is 34.5. The lowest BCUT2D eigenvalue weighted by Gasteiger charge is -2.37. The Hall–Kier alpha value is -7.78. The number of nitrogens with zero attached hydrogens (tertiary/aromatic N) is 1. The molecule has 0 fully saturated rings. The van der Waals surface area contributed by atoms with E-state index in [4.69, 9.17) is 0 Å². The van der Waals surface area contributed by atoms with Crippen molar-refractivity contribution < 1.29 is 0 Å². The summed E-state index contributed by atoms with van der Waals surface area (Å²) >= 11 is 0. The maximum absolute atomic E-state index is 2.80. The zero-order valence-electron chi connectivity index (χ0n) is 41.8. The van der Waals surface area contributed by atoms with Crippen LogP contribution in [0.5, 0.6) is 0 Å². The van der Waals surface area contributed by atoms with Gasteiger partial charge in [-0.05, 0) is 112 Å². The maximum atomic E-state index is 2.54. The minimum atomic E-state index is -2.80. The minimum Gasteiger partial charge on any atom is -0.310 e. The molecule has 11 rings (SSSR count). The molecule has 0 saturated heterocycles. The van der Waals surface area contributed by atoms with Gasteiger partial charge in [0.2, 0.25) is 0 Å². The molecule has 1 nitrogen and oxygen atoms in total. The van der Waals surface area contributed by atoms with Crippen molar-refractivity contribution in [3.8, 4) is 22.3 Å². The second-order valence-electron chi connectivity index (χ2n) is 21.3. The number of fused-ring (bicyclic) bond motifs is 3. The Bertz CT molecular complexity index is 3280. The highest BCUT2D eigenvalue weighted by Gasteiger charge is 2.48.